The molecule has 1 amide bonds. The second kappa shape index (κ2) is 4.56. The molecule has 4 heteroatoms. The van der Waals surface area contributed by atoms with Gasteiger partial charge in [-0.3, -0.25) is 9.59 Å². The van der Waals surface area contributed by atoms with Crippen LogP contribution in [0.3, 0.4) is 0 Å². The molecular formula is C14H23NO3. The van der Waals surface area contributed by atoms with Crippen molar-refractivity contribution in [2.75, 3.05) is 13.1 Å². The Labute approximate surface area is 108 Å². The van der Waals surface area contributed by atoms with Gasteiger partial charge in [-0.25, -0.2) is 0 Å². The standard InChI is InChI=1S/C14H23NO3/c1-3-14(7-4-8-14)11(16)15-9-5-6-13(2,10-15)12(17)18/h3-10H2,1-2H3,(H,17,18). The van der Waals surface area contributed by atoms with Crippen LogP contribution in [0.4, 0.5) is 0 Å². The number of carboxylic acid groups (broad SMARTS) is 1. The monoisotopic (exact) mass is 253 g/mol. The van der Waals surface area contributed by atoms with Crippen LogP contribution in [0.15, 0.2) is 0 Å². The molecule has 1 unspecified atom stereocenters. The van der Waals surface area contributed by atoms with Gasteiger partial charge in [0.1, 0.15) is 0 Å². The average Bonchev–Trinajstić information content (AvgIpc) is 2.28. The van der Waals surface area contributed by atoms with Gasteiger partial charge in [0.15, 0.2) is 0 Å². The molecule has 0 spiro atoms. The van der Waals surface area contributed by atoms with E-state index in [1.165, 1.54) is 0 Å². The summed E-state index contributed by atoms with van der Waals surface area (Å²) in [6.07, 6.45) is 5.43. The fourth-order valence-electron chi connectivity index (χ4n) is 3.24. The van der Waals surface area contributed by atoms with Gasteiger partial charge in [0.2, 0.25) is 5.91 Å². The Hall–Kier alpha value is -1.06. The molecule has 0 radical (unpaired) electrons. The molecule has 1 saturated heterocycles. The van der Waals surface area contributed by atoms with Crippen LogP contribution < -0.4 is 0 Å². The van der Waals surface area contributed by atoms with Crippen molar-refractivity contribution in [3.63, 3.8) is 0 Å². The highest BCUT2D eigenvalue weighted by Gasteiger charge is 2.47. The third kappa shape index (κ3) is 2.02. The molecule has 2 aliphatic rings. The zero-order valence-corrected chi connectivity index (χ0v) is 11.4. The number of amides is 1. The Bertz CT molecular complexity index is 357. The van der Waals surface area contributed by atoms with Crippen LogP contribution in [0, 0.1) is 10.8 Å². The molecule has 1 N–H and O–H groups in total. The molecule has 0 bridgehead atoms. The summed E-state index contributed by atoms with van der Waals surface area (Å²) in [4.78, 5) is 25.7. The van der Waals surface area contributed by atoms with Crippen molar-refractivity contribution in [2.45, 2.75) is 52.4 Å². The van der Waals surface area contributed by atoms with Crippen molar-refractivity contribution in [2.24, 2.45) is 10.8 Å². The molecule has 2 rings (SSSR count). The van der Waals surface area contributed by atoms with E-state index in [-0.39, 0.29) is 11.3 Å². The molecule has 102 valence electrons. The van der Waals surface area contributed by atoms with Crippen LogP contribution in [0.5, 0.6) is 0 Å². The highest BCUT2D eigenvalue weighted by Crippen LogP contribution is 2.46. The van der Waals surface area contributed by atoms with E-state index in [0.717, 1.165) is 38.6 Å². The first kappa shape index (κ1) is 13.4. The summed E-state index contributed by atoms with van der Waals surface area (Å²) >= 11 is 0. The Balaban J connectivity index is 2.09. The first-order chi connectivity index (χ1) is 8.43. The van der Waals surface area contributed by atoms with Gasteiger partial charge in [0.05, 0.1) is 5.41 Å². The van der Waals surface area contributed by atoms with Gasteiger partial charge < -0.3 is 10.0 Å². The number of carboxylic acids is 1. The lowest BCUT2D eigenvalue weighted by molar-refractivity contribution is -0.159. The number of piperidine rings is 1. The normalized spacial score (nSPS) is 30.7. The third-order valence-electron chi connectivity index (χ3n) is 4.94. The maximum absolute atomic E-state index is 12.6. The first-order valence-electron chi connectivity index (χ1n) is 6.96. The maximum Gasteiger partial charge on any atom is 0.311 e. The molecule has 1 aliphatic carbocycles. The summed E-state index contributed by atoms with van der Waals surface area (Å²) in [6.45, 7) is 4.93. The number of likely N-dealkylation sites (tertiary alicyclic amines) is 1. The van der Waals surface area contributed by atoms with Gasteiger partial charge >= 0.3 is 5.97 Å². The largest absolute Gasteiger partial charge is 0.481 e. The predicted molar refractivity (Wildman–Crippen MR) is 68.1 cm³/mol. The van der Waals surface area contributed by atoms with Crippen molar-refractivity contribution in [1.82, 2.24) is 4.90 Å². The molecule has 1 heterocycles. The van der Waals surface area contributed by atoms with Gasteiger partial charge in [-0.1, -0.05) is 13.3 Å². The number of hydrogen-bond donors (Lipinski definition) is 1. The molecule has 0 aromatic heterocycles. The van der Waals surface area contributed by atoms with Crippen molar-refractivity contribution in [3.05, 3.63) is 0 Å². The summed E-state index contributed by atoms with van der Waals surface area (Å²) in [7, 11) is 0. The van der Waals surface area contributed by atoms with E-state index in [2.05, 4.69) is 6.92 Å². The van der Waals surface area contributed by atoms with Crippen LogP contribution in [0.25, 0.3) is 0 Å². The van der Waals surface area contributed by atoms with Crippen LogP contribution >= 0.6 is 0 Å². The number of nitrogens with zero attached hydrogens (tertiary/aromatic N) is 1. The molecule has 18 heavy (non-hydrogen) atoms. The second-order valence-electron chi connectivity index (χ2n) is 6.18. The van der Waals surface area contributed by atoms with Crippen molar-refractivity contribution in [1.29, 1.82) is 0 Å². The third-order valence-corrected chi connectivity index (χ3v) is 4.94. The highest BCUT2D eigenvalue weighted by molar-refractivity contribution is 5.85. The lowest BCUT2D eigenvalue weighted by Crippen LogP contribution is -2.54. The number of rotatable bonds is 3. The molecule has 4 nitrogen and oxygen atoms in total. The van der Waals surface area contributed by atoms with Gasteiger partial charge in [-0.2, -0.15) is 0 Å². The van der Waals surface area contributed by atoms with Gasteiger partial charge in [0.25, 0.3) is 0 Å². The average molecular weight is 253 g/mol. The highest BCUT2D eigenvalue weighted by atomic mass is 16.4. The molecule has 0 aromatic carbocycles. The van der Waals surface area contributed by atoms with Crippen LogP contribution in [-0.2, 0) is 9.59 Å². The Morgan fingerprint density at radius 3 is 2.33 bits per heavy atom. The molecule has 1 atom stereocenters. The topological polar surface area (TPSA) is 57.6 Å². The van der Waals surface area contributed by atoms with Crippen LogP contribution in [0.1, 0.15) is 52.4 Å². The van der Waals surface area contributed by atoms with Crippen LogP contribution in [0.2, 0.25) is 0 Å². The predicted octanol–water partition coefficient (Wildman–Crippen LogP) is 2.28. The molecule has 0 aromatic rings. The van der Waals surface area contributed by atoms with Gasteiger partial charge in [-0.05, 0) is 39.0 Å². The summed E-state index contributed by atoms with van der Waals surface area (Å²) in [5.41, 5.74) is -0.927. The summed E-state index contributed by atoms with van der Waals surface area (Å²) in [5.74, 6) is -0.581. The zero-order valence-electron chi connectivity index (χ0n) is 11.4. The quantitative estimate of drug-likeness (QED) is 0.839. The van der Waals surface area contributed by atoms with Crippen molar-refractivity contribution >= 4 is 11.9 Å². The minimum atomic E-state index is -0.779. The fraction of sp³-hybridized carbons (Fsp3) is 0.857. The van der Waals surface area contributed by atoms with Gasteiger partial charge in [-0.15, -0.1) is 0 Å². The second-order valence-corrected chi connectivity index (χ2v) is 6.18. The smallest absolute Gasteiger partial charge is 0.311 e. The van der Waals surface area contributed by atoms with Gasteiger partial charge in [0, 0.05) is 18.5 Å². The lowest BCUT2D eigenvalue weighted by Gasteiger charge is -2.46. The van der Waals surface area contributed by atoms with Crippen LogP contribution in [-0.4, -0.2) is 35.0 Å². The van der Waals surface area contributed by atoms with E-state index in [1.807, 2.05) is 0 Å². The van der Waals surface area contributed by atoms with E-state index in [0.29, 0.717) is 13.0 Å². The summed E-state index contributed by atoms with van der Waals surface area (Å²) < 4.78 is 0. The Morgan fingerprint density at radius 2 is 1.89 bits per heavy atom. The number of hydrogen-bond acceptors (Lipinski definition) is 2. The van der Waals surface area contributed by atoms with Crippen molar-refractivity contribution in [3.8, 4) is 0 Å². The lowest BCUT2D eigenvalue weighted by atomic mass is 9.65. The summed E-state index contributed by atoms with van der Waals surface area (Å²) in [5, 5.41) is 9.29. The van der Waals surface area contributed by atoms with E-state index in [9.17, 15) is 14.7 Å². The SMILES string of the molecule is CCC1(C(=O)N2CCCC(C)(C(=O)O)C2)CCC1. The Morgan fingerprint density at radius 1 is 1.22 bits per heavy atom. The summed E-state index contributed by atoms with van der Waals surface area (Å²) in [6, 6.07) is 0. The zero-order chi connectivity index (χ0) is 13.4. The maximum atomic E-state index is 12.6. The number of aliphatic carboxylic acids is 1. The number of carbonyl (C=O) groups excluding carboxylic acids is 1. The molecule has 1 aliphatic heterocycles. The van der Waals surface area contributed by atoms with E-state index in [1.54, 1.807) is 11.8 Å². The van der Waals surface area contributed by atoms with E-state index < -0.39 is 11.4 Å². The van der Waals surface area contributed by atoms with E-state index in [4.69, 9.17) is 0 Å². The van der Waals surface area contributed by atoms with Crippen molar-refractivity contribution < 1.29 is 14.7 Å². The number of carbonyl (C=O) groups is 2. The minimum Gasteiger partial charge on any atom is -0.481 e. The molecule has 1 saturated carbocycles. The first-order valence-corrected chi connectivity index (χ1v) is 6.96. The molecule has 2 fully saturated rings. The Kier molecular flexibility index (Phi) is 3.39. The molecular weight excluding hydrogens is 230 g/mol. The minimum absolute atomic E-state index is 0.170. The fourth-order valence-corrected chi connectivity index (χ4v) is 3.24. The van der Waals surface area contributed by atoms with E-state index >= 15 is 0 Å².